The van der Waals surface area contributed by atoms with Crippen LogP contribution in [0.1, 0.15) is 51.0 Å². The molecule has 1 aromatic heterocycles. The van der Waals surface area contributed by atoms with Crippen molar-refractivity contribution in [2.45, 2.75) is 63.7 Å². The highest BCUT2D eigenvalue weighted by Gasteiger charge is 2.30. The summed E-state index contributed by atoms with van der Waals surface area (Å²) in [7, 11) is -3.76. The Morgan fingerprint density at radius 3 is 2.67 bits per heavy atom. The number of nitrogens with zero attached hydrogens (tertiary/aromatic N) is 1. The lowest BCUT2D eigenvalue weighted by atomic mass is 9.91. The summed E-state index contributed by atoms with van der Waals surface area (Å²) in [6, 6.07) is 5.27. The van der Waals surface area contributed by atoms with Crippen LogP contribution in [0.2, 0.25) is 0 Å². The van der Waals surface area contributed by atoms with Gasteiger partial charge in [-0.3, -0.25) is 9.78 Å². The fourth-order valence-electron chi connectivity index (χ4n) is 3.85. The van der Waals surface area contributed by atoms with E-state index in [-0.39, 0.29) is 43.5 Å². The molecule has 3 N–H and O–H groups in total. The lowest BCUT2D eigenvalue weighted by Gasteiger charge is -2.28. The average Bonchev–Trinajstić information content (AvgIpc) is 3.28. The Hall–Kier alpha value is -2.50. The molecule has 182 valence electrons. The zero-order valence-electron chi connectivity index (χ0n) is 18.5. The second-order valence-corrected chi connectivity index (χ2v) is 10.3. The van der Waals surface area contributed by atoms with Gasteiger partial charge in [0.25, 0.3) is 5.56 Å². The summed E-state index contributed by atoms with van der Waals surface area (Å²) in [4.78, 5) is 24.9. The van der Waals surface area contributed by atoms with Gasteiger partial charge in [0.15, 0.2) is 11.6 Å². The molecule has 0 radical (unpaired) electrons. The zero-order valence-corrected chi connectivity index (χ0v) is 19.4. The van der Waals surface area contributed by atoms with Crippen molar-refractivity contribution in [2.24, 2.45) is 0 Å². The first-order valence-corrected chi connectivity index (χ1v) is 12.7. The Morgan fingerprint density at radius 1 is 1.27 bits per heavy atom. The first-order chi connectivity index (χ1) is 15.6. The monoisotopic (exact) mass is 483 g/mol. The highest BCUT2D eigenvalue weighted by molar-refractivity contribution is 7.89. The minimum Gasteiger partial charge on any atom is -0.487 e. The number of halogens is 1. The van der Waals surface area contributed by atoms with Crippen LogP contribution in [0.5, 0.6) is 5.75 Å². The molecular formula is C22H30FN3O6S. The molecule has 9 nitrogen and oxygen atoms in total. The molecule has 0 spiro atoms. The second kappa shape index (κ2) is 10.6. The lowest BCUT2D eigenvalue weighted by Crippen LogP contribution is -2.41. The number of nitrogens with one attached hydrogen (secondary N) is 2. The van der Waals surface area contributed by atoms with E-state index < -0.39 is 32.7 Å². The van der Waals surface area contributed by atoms with Gasteiger partial charge >= 0.3 is 5.69 Å². The van der Waals surface area contributed by atoms with Gasteiger partial charge in [-0.25, -0.2) is 22.3 Å². The molecule has 1 saturated carbocycles. The van der Waals surface area contributed by atoms with E-state index in [2.05, 4.69) is 9.71 Å². The molecule has 1 aliphatic rings. The molecule has 0 saturated heterocycles. The number of ether oxygens (including phenoxy) is 1. The van der Waals surface area contributed by atoms with E-state index in [1.54, 1.807) is 6.92 Å². The van der Waals surface area contributed by atoms with E-state index in [1.165, 1.54) is 35.0 Å². The maximum Gasteiger partial charge on any atom is 0.328 e. The zero-order chi connectivity index (χ0) is 24.1. The van der Waals surface area contributed by atoms with E-state index >= 15 is 0 Å². The number of benzene rings is 1. The second-order valence-electron chi connectivity index (χ2n) is 8.35. The third kappa shape index (κ3) is 6.75. The summed E-state index contributed by atoms with van der Waals surface area (Å²) in [6.45, 7) is 1.52. The minimum atomic E-state index is -3.76. The molecule has 2 aromatic rings. The molecule has 0 unspecified atom stereocenters. The molecule has 1 atom stereocenters. The molecule has 1 aromatic carbocycles. The first kappa shape index (κ1) is 25.1. The van der Waals surface area contributed by atoms with Crippen LogP contribution < -0.4 is 20.7 Å². The standard InChI is InChI=1S/C22H30FN3O6S/c1-2-22(29,16-8-9-18(23)19(14-16)32-17-6-3-4-7-17)15-24-33(30,31)13-5-11-26-12-10-20(27)25-21(26)28/h8-10,12,14,17,24,29H,2-7,11,13,15H2,1H3,(H,25,27,28)/t22-/m1/s1. The number of hydrogen-bond acceptors (Lipinski definition) is 6. The van der Waals surface area contributed by atoms with Crippen LogP contribution in [-0.2, 0) is 22.2 Å². The molecule has 1 fully saturated rings. The lowest BCUT2D eigenvalue weighted by molar-refractivity contribution is 0.0375. The third-order valence-electron chi connectivity index (χ3n) is 5.94. The number of rotatable bonds is 11. The Kier molecular flexibility index (Phi) is 8.09. The quantitative estimate of drug-likeness (QED) is 0.445. The number of aromatic nitrogens is 2. The van der Waals surface area contributed by atoms with Gasteiger partial charge in [0.2, 0.25) is 10.0 Å². The molecule has 1 heterocycles. The van der Waals surface area contributed by atoms with Crippen molar-refractivity contribution in [3.05, 3.63) is 62.7 Å². The first-order valence-electron chi connectivity index (χ1n) is 11.1. The van der Waals surface area contributed by atoms with Crippen LogP contribution >= 0.6 is 0 Å². The van der Waals surface area contributed by atoms with Crippen molar-refractivity contribution in [3.8, 4) is 5.75 Å². The molecular weight excluding hydrogens is 453 g/mol. The highest BCUT2D eigenvalue weighted by atomic mass is 32.2. The summed E-state index contributed by atoms with van der Waals surface area (Å²) in [5, 5.41) is 11.1. The maximum atomic E-state index is 14.3. The van der Waals surface area contributed by atoms with E-state index in [0.717, 1.165) is 25.7 Å². The van der Waals surface area contributed by atoms with Gasteiger partial charge in [-0.05, 0) is 56.2 Å². The number of aryl methyl sites for hydroxylation is 1. The van der Waals surface area contributed by atoms with E-state index in [4.69, 9.17) is 4.74 Å². The van der Waals surface area contributed by atoms with Crippen molar-refractivity contribution in [1.82, 2.24) is 14.3 Å². The van der Waals surface area contributed by atoms with Crippen molar-refractivity contribution >= 4 is 10.0 Å². The molecule has 0 amide bonds. The Labute approximate surface area is 191 Å². The fraction of sp³-hybridized carbons (Fsp3) is 0.545. The number of aliphatic hydroxyl groups is 1. The molecule has 11 heteroatoms. The largest absolute Gasteiger partial charge is 0.487 e. The van der Waals surface area contributed by atoms with Gasteiger partial charge < -0.3 is 14.4 Å². The van der Waals surface area contributed by atoms with Crippen LogP contribution in [0.15, 0.2) is 40.1 Å². The molecule has 0 aliphatic heterocycles. The highest BCUT2D eigenvalue weighted by Crippen LogP contribution is 2.32. The van der Waals surface area contributed by atoms with Crippen LogP contribution in [0.4, 0.5) is 4.39 Å². The van der Waals surface area contributed by atoms with Crippen LogP contribution in [0.25, 0.3) is 0 Å². The SMILES string of the molecule is CC[C@@](O)(CNS(=O)(=O)CCCn1ccc(=O)[nH]c1=O)c1ccc(F)c(OC2CCCC2)c1. The van der Waals surface area contributed by atoms with Crippen LogP contribution in [0.3, 0.4) is 0 Å². The predicted molar refractivity (Wildman–Crippen MR) is 121 cm³/mol. The smallest absolute Gasteiger partial charge is 0.328 e. The Morgan fingerprint density at radius 2 is 2.00 bits per heavy atom. The Balaban J connectivity index is 1.62. The summed E-state index contributed by atoms with van der Waals surface area (Å²) < 4.78 is 48.6. The topological polar surface area (TPSA) is 130 Å². The van der Waals surface area contributed by atoms with Crippen molar-refractivity contribution in [1.29, 1.82) is 0 Å². The van der Waals surface area contributed by atoms with E-state index in [0.29, 0.717) is 5.56 Å². The summed E-state index contributed by atoms with van der Waals surface area (Å²) in [6.07, 6.45) is 5.33. The van der Waals surface area contributed by atoms with Crippen LogP contribution in [-0.4, -0.2) is 41.5 Å². The Bertz CT molecular complexity index is 1170. The van der Waals surface area contributed by atoms with Crippen molar-refractivity contribution in [2.75, 3.05) is 12.3 Å². The normalized spacial score (nSPS) is 16.6. The number of hydrogen-bond donors (Lipinski definition) is 3. The number of aromatic amines is 1. The van der Waals surface area contributed by atoms with Gasteiger partial charge in [0.1, 0.15) is 5.60 Å². The van der Waals surface area contributed by atoms with Gasteiger partial charge in [0.05, 0.1) is 11.9 Å². The van der Waals surface area contributed by atoms with Gasteiger partial charge in [-0.2, -0.15) is 0 Å². The summed E-state index contributed by atoms with van der Waals surface area (Å²) in [5.74, 6) is -0.750. The predicted octanol–water partition coefficient (Wildman–Crippen LogP) is 1.60. The van der Waals surface area contributed by atoms with Crippen molar-refractivity contribution < 1.29 is 22.7 Å². The van der Waals surface area contributed by atoms with Gasteiger partial charge in [-0.1, -0.05) is 13.0 Å². The average molecular weight is 484 g/mol. The van der Waals surface area contributed by atoms with Gasteiger partial charge in [-0.15, -0.1) is 0 Å². The van der Waals surface area contributed by atoms with Crippen molar-refractivity contribution in [3.63, 3.8) is 0 Å². The van der Waals surface area contributed by atoms with Crippen LogP contribution in [0, 0.1) is 5.82 Å². The number of H-pyrrole nitrogens is 1. The molecule has 0 bridgehead atoms. The molecule has 33 heavy (non-hydrogen) atoms. The minimum absolute atomic E-state index is 0.0560. The summed E-state index contributed by atoms with van der Waals surface area (Å²) in [5.41, 5.74) is -2.33. The van der Waals surface area contributed by atoms with E-state index in [9.17, 15) is 27.5 Å². The molecule has 3 rings (SSSR count). The summed E-state index contributed by atoms with van der Waals surface area (Å²) >= 11 is 0. The fourth-order valence-corrected chi connectivity index (χ4v) is 4.96. The van der Waals surface area contributed by atoms with Gasteiger partial charge in [0, 0.05) is 25.4 Å². The molecule has 1 aliphatic carbocycles. The maximum absolute atomic E-state index is 14.3. The third-order valence-corrected chi connectivity index (χ3v) is 7.35. The number of sulfonamides is 1. The van der Waals surface area contributed by atoms with E-state index in [1.807, 2.05) is 0 Å².